The molecule has 338 valence electrons. The van der Waals surface area contributed by atoms with Gasteiger partial charge in [-0.2, -0.15) is 0 Å². The van der Waals surface area contributed by atoms with E-state index < -0.39 is 11.9 Å². The Labute approximate surface area is 382 Å². The predicted molar refractivity (Wildman–Crippen MR) is 248 cm³/mol. The van der Waals surface area contributed by atoms with E-state index in [9.17, 15) is 23.6 Å². The monoisotopic (exact) mass is 911 g/mol. The summed E-state index contributed by atoms with van der Waals surface area (Å²) in [4.78, 5) is 69.0. The van der Waals surface area contributed by atoms with Crippen LogP contribution >= 0.6 is 23.4 Å². The van der Waals surface area contributed by atoms with Crippen LogP contribution in [-0.4, -0.2) is 130 Å². The largest absolute Gasteiger partial charge is 0.491 e. The molecule has 0 saturated carbocycles. The molecule has 64 heavy (non-hydrogen) atoms. The molecule has 14 nitrogen and oxygen atoms in total. The van der Waals surface area contributed by atoms with Gasteiger partial charge in [-0.1, -0.05) is 30.7 Å². The van der Waals surface area contributed by atoms with Gasteiger partial charge in [0.05, 0.1) is 22.8 Å². The first kappa shape index (κ1) is 45.4. The molecule has 4 aliphatic heterocycles. The third-order valence-corrected chi connectivity index (χ3v) is 14.1. The minimum Gasteiger partial charge on any atom is -0.491 e. The molecule has 3 aromatic carbocycles. The molecule has 17 heteroatoms. The van der Waals surface area contributed by atoms with Crippen molar-refractivity contribution in [3.63, 3.8) is 0 Å². The third kappa shape index (κ3) is 11.0. The zero-order valence-corrected chi connectivity index (χ0v) is 37.5. The number of anilines is 3. The number of fused-ring (bicyclic) bond motifs is 2. The van der Waals surface area contributed by atoms with E-state index in [-0.39, 0.29) is 35.1 Å². The van der Waals surface area contributed by atoms with Gasteiger partial charge in [0.25, 0.3) is 5.91 Å². The molecule has 8 rings (SSSR count). The fourth-order valence-corrected chi connectivity index (χ4v) is 10.4. The van der Waals surface area contributed by atoms with E-state index in [1.807, 2.05) is 12.1 Å². The molecule has 0 spiro atoms. The van der Waals surface area contributed by atoms with Crippen LogP contribution in [0.2, 0.25) is 5.02 Å². The van der Waals surface area contributed by atoms with E-state index >= 15 is 0 Å². The van der Waals surface area contributed by atoms with Gasteiger partial charge in [0.2, 0.25) is 17.7 Å². The maximum absolute atomic E-state index is 13.8. The molecule has 0 aliphatic carbocycles. The Morgan fingerprint density at radius 2 is 1.75 bits per heavy atom. The maximum Gasteiger partial charge on any atom is 0.255 e. The van der Waals surface area contributed by atoms with Crippen molar-refractivity contribution in [3.8, 4) is 5.75 Å². The van der Waals surface area contributed by atoms with Crippen molar-refractivity contribution in [1.29, 1.82) is 0 Å². The Kier molecular flexibility index (Phi) is 15.1. The number of piperidine rings is 2. The van der Waals surface area contributed by atoms with Crippen LogP contribution in [0.5, 0.6) is 5.75 Å². The zero-order chi connectivity index (χ0) is 44.6. The lowest BCUT2D eigenvalue weighted by Gasteiger charge is -2.42. The van der Waals surface area contributed by atoms with Crippen LogP contribution in [0.4, 0.5) is 21.6 Å². The lowest BCUT2D eigenvalue weighted by atomic mass is 10.0. The number of benzene rings is 3. The van der Waals surface area contributed by atoms with Crippen molar-refractivity contribution in [1.82, 2.24) is 34.9 Å². The average Bonchev–Trinajstić information content (AvgIpc) is 3.64. The van der Waals surface area contributed by atoms with Gasteiger partial charge in [-0.05, 0) is 112 Å². The summed E-state index contributed by atoms with van der Waals surface area (Å²) in [6.45, 7) is 13.1. The Bertz CT molecular complexity index is 2370. The number of thioether (sulfide) groups is 1. The number of amides is 4. The van der Waals surface area contributed by atoms with Gasteiger partial charge < -0.3 is 30.1 Å². The van der Waals surface area contributed by atoms with Crippen LogP contribution in [0.1, 0.15) is 67.3 Å². The highest BCUT2D eigenvalue weighted by Gasteiger charge is 2.40. The van der Waals surface area contributed by atoms with Crippen LogP contribution in [0.15, 0.2) is 72.4 Å². The molecular formula is C47H55ClFN9O5S. The molecule has 5 heterocycles. The number of piperazine rings is 1. The molecule has 4 amide bonds. The number of unbranched alkanes of at least 4 members (excludes halogenated alkanes) is 2. The molecule has 3 N–H and O–H groups in total. The number of aromatic nitrogens is 2. The Morgan fingerprint density at radius 1 is 0.953 bits per heavy atom. The maximum atomic E-state index is 13.8. The van der Waals surface area contributed by atoms with E-state index in [4.69, 9.17) is 16.3 Å². The molecule has 3 fully saturated rings. The standard InChI is InChI=1S/C47H55ClFN9O5S/c1-2-43(59)53-39-27-34-38(50-30-51-45(34)52-31-10-11-37(49)36(48)26-31)28-41(39)63-24-7-17-55-18-14-32(15-19-55)57-22-20-56(21-23-57)16-4-3-5-25-64-42-9-6-8-33-35(42)29-58(47(33)62)40-12-13-44(60)54-46(40)61/h2,6,8-11,26-28,30,32,40H,1,3-5,7,12-25,29H2,(H,53,59)(H,50,51,52)(H,54,60,61). The Hall–Kier alpha value is -5.13. The van der Waals surface area contributed by atoms with Crippen molar-refractivity contribution < 1.29 is 28.3 Å². The van der Waals surface area contributed by atoms with Crippen molar-refractivity contribution in [3.05, 3.63) is 89.5 Å². The van der Waals surface area contributed by atoms with Gasteiger partial charge in [0, 0.05) is 79.3 Å². The summed E-state index contributed by atoms with van der Waals surface area (Å²) in [6.07, 6.45) is 9.85. The lowest BCUT2D eigenvalue weighted by Crippen LogP contribution is -2.53. The first-order valence-electron chi connectivity index (χ1n) is 22.3. The number of hydrogen-bond acceptors (Lipinski definition) is 12. The second kappa shape index (κ2) is 21.2. The summed E-state index contributed by atoms with van der Waals surface area (Å²) in [5, 5.41) is 9.03. The number of ether oxygens (including phenoxy) is 1. The SMILES string of the molecule is C=CC(=O)Nc1cc2c(Nc3ccc(F)c(Cl)c3)ncnc2cc1OCCCN1CCC(N2CCN(CCCCCSc3cccc4c3CN(C3CCC(=O)NC3=O)C4=O)CC2)CC1. The first-order valence-corrected chi connectivity index (χ1v) is 23.6. The van der Waals surface area contributed by atoms with Gasteiger partial charge in [0.15, 0.2) is 0 Å². The summed E-state index contributed by atoms with van der Waals surface area (Å²) in [5.74, 6) is 0.292. The van der Waals surface area contributed by atoms with E-state index in [0.29, 0.717) is 65.0 Å². The first-order chi connectivity index (χ1) is 31.1. The smallest absolute Gasteiger partial charge is 0.255 e. The lowest BCUT2D eigenvalue weighted by molar-refractivity contribution is -0.137. The van der Waals surface area contributed by atoms with Crippen LogP contribution in [0.25, 0.3) is 10.9 Å². The number of rotatable bonds is 18. The van der Waals surface area contributed by atoms with E-state index in [1.54, 1.807) is 34.9 Å². The molecule has 1 unspecified atom stereocenters. The molecule has 1 atom stereocenters. The summed E-state index contributed by atoms with van der Waals surface area (Å²) in [7, 11) is 0. The molecule has 1 aromatic heterocycles. The van der Waals surface area contributed by atoms with Crippen LogP contribution < -0.4 is 20.7 Å². The van der Waals surface area contributed by atoms with Gasteiger partial charge in [0.1, 0.15) is 29.8 Å². The number of imide groups is 1. The molecule has 0 radical (unpaired) electrons. The number of hydrogen-bond donors (Lipinski definition) is 3. The van der Waals surface area contributed by atoms with Crippen molar-refractivity contribution in [2.45, 2.75) is 74.9 Å². The molecule has 4 aliphatic rings. The van der Waals surface area contributed by atoms with Gasteiger partial charge >= 0.3 is 0 Å². The quantitative estimate of drug-likeness (QED) is 0.0414. The highest BCUT2D eigenvalue weighted by atomic mass is 35.5. The van der Waals surface area contributed by atoms with Gasteiger partial charge in [-0.3, -0.25) is 29.4 Å². The van der Waals surface area contributed by atoms with E-state index in [2.05, 4.69) is 53.3 Å². The highest BCUT2D eigenvalue weighted by Crippen LogP contribution is 2.36. The number of likely N-dealkylation sites (tertiary alicyclic amines) is 1. The average molecular weight is 913 g/mol. The fourth-order valence-electron chi connectivity index (χ4n) is 9.11. The number of nitrogens with zero attached hydrogens (tertiary/aromatic N) is 6. The van der Waals surface area contributed by atoms with E-state index in [1.165, 1.54) is 31.0 Å². The number of carbonyl (C=O) groups is 4. The van der Waals surface area contributed by atoms with Crippen molar-refractivity contribution >= 4 is 75.1 Å². The molecular weight excluding hydrogens is 857 g/mol. The van der Waals surface area contributed by atoms with Crippen LogP contribution in [0.3, 0.4) is 0 Å². The minimum atomic E-state index is -0.592. The Balaban J connectivity index is 0.717. The summed E-state index contributed by atoms with van der Waals surface area (Å²) < 4.78 is 20.0. The summed E-state index contributed by atoms with van der Waals surface area (Å²) >= 11 is 7.78. The zero-order valence-electron chi connectivity index (χ0n) is 36.0. The number of carbonyl (C=O) groups excluding carboxylic acids is 4. The highest BCUT2D eigenvalue weighted by molar-refractivity contribution is 7.99. The second-order valence-corrected chi connectivity index (χ2v) is 18.3. The third-order valence-electron chi connectivity index (χ3n) is 12.6. The van der Waals surface area contributed by atoms with Crippen LogP contribution in [0, 0.1) is 5.82 Å². The molecule has 0 bridgehead atoms. The molecule has 3 saturated heterocycles. The summed E-state index contributed by atoms with van der Waals surface area (Å²) in [6, 6.07) is 13.7. The Morgan fingerprint density at radius 3 is 2.53 bits per heavy atom. The van der Waals surface area contributed by atoms with E-state index in [0.717, 1.165) is 101 Å². The van der Waals surface area contributed by atoms with Gasteiger partial charge in [-0.15, -0.1) is 11.8 Å². The fraction of sp³-hybridized carbons (Fsp3) is 0.447. The summed E-state index contributed by atoms with van der Waals surface area (Å²) in [5.41, 5.74) is 3.31. The number of nitrogens with one attached hydrogen (secondary N) is 3. The number of halogens is 2. The topological polar surface area (TPSA) is 152 Å². The van der Waals surface area contributed by atoms with Gasteiger partial charge in [-0.25, -0.2) is 14.4 Å². The predicted octanol–water partition coefficient (Wildman–Crippen LogP) is 6.86. The second-order valence-electron chi connectivity index (χ2n) is 16.8. The van der Waals surface area contributed by atoms with Crippen molar-refractivity contribution in [2.75, 3.05) is 75.4 Å². The van der Waals surface area contributed by atoms with Crippen LogP contribution in [-0.2, 0) is 20.9 Å². The molecule has 4 aromatic rings. The van der Waals surface area contributed by atoms with Crippen molar-refractivity contribution in [2.24, 2.45) is 0 Å². The minimum absolute atomic E-state index is 0.0112. The normalized spacial score (nSPS) is 18.9.